The molecule has 0 spiro atoms. The molecule has 0 saturated carbocycles. The number of aliphatic hydroxyl groups is 1. The molecule has 0 fully saturated rings. The molecule has 1 unspecified atom stereocenters. The smallest absolute Gasteiger partial charge is 0.137 e. The Hall–Kier alpha value is -1.78. The molecule has 1 atom stereocenters. The molecule has 0 aliphatic carbocycles. The van der Waals surface area contributed by atoms with E-state index < -0.39 is 6.10 Å². The molecule has 4 heteroatoms. The van der Waals surface area contributed by atoms with Gasteiger partial charge < -0.3 is 5.11 Å². The number of aromatic nitrogens is 1. The number of halogens is 2. The number of pyridine rings is 1. The predicted octanol–water partition coefficient (Wildman–Crippen LogP) is 4.22. The van der Waals surface area contributed by atoms with E-state index in [0.29, 0.717) is 10.0 Å². The second-order valence-corrected chi connectivity index (χ2v) is 5.37. The maximum absolute atomic E-state index is 13.6. The van der Waals surface area contributed by atoms with Crippen LogP contribution in [-0.4, -0.2) is 10.1 Å². The molecule has 0 saturated heterocycles. The van der Waals surface area contributed by atoms with Gasteiger partial charge in [0.25, 0.3) is 0 Å². The van der Waals surface area contributed by atoms with Gasteiger partial charge in [-0.1, -0.05) is 24.3 Å². The van der Waals surface area contributed by atoms with E-state index in [9.17, 15) is 9.50 Å². The summed E-state index contributed by atoms with van der Waals surface area (Å²) >= 11 is 3.11. The Morgan fingerprint density at radius 1 is 1.15 bits per heavy atom. The lowest BCUT2D eigenvalue weighted by Gasteiger charge is -2.14. The summed E-state index contributed by atoms with van der Waals surface area (Å²) in [4.78, 5) is 4.06. The largest absolute Gasteiger partial charge is 0.384 e. The molecule has 1 N–H and O–H groups in total. The Balaban J connectivity index is 2.12. The fourth-order valence-electron chi connectivity index (χ4n) is 2.25. The molecule has 0 radical (unpaired) electrons. The van der Waals surface area contributed by atoms with Crippen molar-refractivity contribution in [1.29, 1.82) is 0 Å². The second-order valence-electron chi connectivity index (χ2n) is 4.52. The van der Waals surface area contributed by atoms with Gasteiger partial charge in [0, 0.05) is 17.8 Å². The summed E-state index contributed by atoms with van der Waals surface area (Å²) in [5.74, 6) is -0.386. The summed E-state index contributed by atoms with van der Waals surface area (Å²) in [5.41, 5.74) is 1.27. The highest BCUT2D eigenvalue weighted by atomic mass is 79.9. The number of benzene rings is 2. The molecule has 3 aromatic rings. The van der Waals surface area contributed by atoms with E-state index in [1.54, 1.807) is 24.5 Å². The fourth-order valence-corrected chi connectivity index (χ4v) is 2.49. The molecule has 3 rings (SSSR count). The molecule has 0 aliphatic rings. The Morgan fingerprint density at radius 3 is 2.80 bits per heavy atom. The van der Waals surface area contributed by atoms with Gasteiger partial charge in [-0.2, -0.15) is 0 Å². The predicted molar refractivity (Wildman–Crippen MR) is 79.9 cm³/mol. The van der Waals surface area contributed by atoms with E-state index in [-0.39, 0.29) is 5.82 Å². The quantitative estimate of drug-likeness (QED) is 0.762. The Kier molecular flexibility index (Phi) is 3.51. The Morgan fingerprint density at radius 2 is 2.00 bits per heavy atom. The minimum Gasteiger partial charge on any atom is -0.384 e. The van der Waals surface area contributed by atoms with Crippen molar-refractivity contribution >= 4 is 26.7 Å². The number of rotatable bonds is 2. The van der Waals surface area contributed by atoms with Crippen molar-refractivity contribution in [2.24, 2.45) is 0 Å². The van der Waals surface area contributed by atoms with Crippen molar-refractivity contribution in [2.45, 2.75) is 6.10 Å². The summed E-state index contributed by atoms with van der Waals surface area (Å²) in [5, 5.41) is 12.4. The lowest BCUT2D eigenvalue weighted by molar-refractivity contribution is 0.221. The molecule has 0 aliphatic heterocycles. The third-order valence-corrected chi connectivity index (χ3v) is 3.91. The van der Waals surface area contributed by atoms with Crippen LogP contribution in [0.15, 0.2) is 59.3 Å². The Labute approximate surface area is 124 Å². The molecule has 20 heavy (non-hydrogen) atoms. The van der Waals surface area contributed by atoms with Gasteiger partial charge in [-0.3, -0.25) is 4.98 Å². The number of hydrogen-bond donors (Lipinski definition) is 1. The highest BCUT2D eigenvalue weighted by molar-refractivity contribution is 9.10. The summed E-state index contributed by atoms with van der Waals surface area (Å²) < 4.78 is 14.0. The van der Waals surface area contributed by atoms with Crippen LogP contribution in [0.2, 0.25) is 0 Å². The zero-order chi connectivity index (χ0) is 14.1. The van der Waals surface area contributed by atoms with Crippen LogP contribution < -0.4 is 0 Å². The maximum Gasteiger partial charge on any atom is 0.137 e. The van der Waals surface area contributed by atoms with Crippen LogP contribution >= 0.6 is 15.9 Å². The van der Waals surface area contributed by atoms with E-state index >= 15 is 0 Å². The average molecular weight is 332 g/mol. The van der Waals surface area contributed by atoms with Crippen molar-refractivity contribution in [3.05, 3.63) is 76.3 Å². The summed E-state index contributed by atoms with van der Waals surface area (Å²) in [6.45, 7) is 0. The van der Waals surface area contributed by atoms with Crippen LogP contribution in [0.3, 0.4) is 0 Å². The molecule has 2 aromatic carbocycles. The van der Waals surface area contributed by atoms with Crippen molar-refractivity contribution < 1.29 is 9.50 Å². The van der Waals surface area contributed by atoms with Crippen molar-refractivity contribution in [3.8, 4) is 0 Å². The lowest BCUT2D eigenvalue weighted by atomic mass is 9.97. The monoisotopic (exact) mass is 331 g/mol. The minimum absolute atomic E-state index is 0.385. The van der Waals surface area contributed by atoms with Crippen LogP contribution in [-0.2, 0) is 0 Å². The second kappa shape index (κ2) is 5.31. The van der Waals surface area contributed by atoms with E-state index in [1.807, 2.05) is 24.3 Å². The molecular weight excluding hydrogens is 321 g/mol. The first-order valence-electron chi connectivity index (χ1n) is 6.12. The summed E-state index contributed by atoms with van der Waals surface area (Å²) in [6, 6.07) is 12.1. The number of aliphatic hydroxyl groups excluding tert-OH is 1. The average Bonchev–Trinajstić information content (AvgIpc) is 2.49. The van der Waals surface area contributed by atoms with Gasteiger partial charge in [-0.15, -0.1) is 0 Å². The first-order valence-corrected chi connectivity index (χ1v) is 6.92. The lowest BCUT2D eigenvalue weighted by Crippen LogP contribution is -2.01. The normalized spacial score (nSPS) is 12.6. The zero-order valence-electron chi connectivity index (χ0n) is 10.4. The Bertz CT molecular complexity index is 770. The highest BCUT2D eigenvalue weighted by Gasteiger charge is 2.14. The van der Waals surface area contributed by atoms with Crippen molar-refractivity contribution in [3.63, 3.8) is 0 Å². The van der Waals surface area contributed by atoms with Gasteiger partial charge in [0.05, 0.1) is 4.47 Å². The van der Waals surface area contributed by atoms with Crippen molar-refractivity contribution in [2.75, 3.05) is 0 Å². The van der Waals surface area contributed by atoms with Crippen LogP contribution in [0.25, 0.3) is 10.8 Å². The third-order valence-electron chi connectivity index (χ3n) is 3.27. The zero-order valence-corrected chi connectivity index (χ0v) is 12.0. The maximum atomic E-state index is 13.6. The van der Waals surface area contributed by atoms with E-state index in [0.717, 1.165) is 16.3 Å². The highest BCUT2D eigenvalue weighted by Crippen LogP contribution is 2.30. The number of nitrogens with zero attached hydrogens (tertiary/aromatic N) is 1. The first kappa shape index (κ1) is 13.2. The van der Waals surface area contributed by atoms with E-state index in [2.05, 4.69) is 20.9 Å². The van der Waals surface area contributed by atoms with Gasteiger partial charge in [-0.05, 0) is 50.6 Å². The first-order chi connectivity index (χ1) is 9.66. The number of hydrogen-bond acceptors (Lipinski definition) is 2. The van der Waals surface area contributed by atoms with E-state index in [1.165, 1.54) is 6.07 Å². The third kappa shape index (κ3) is 2.32. The molecule has 100 valence electrons. The van der Waals surface area contributed by atoms with Gasteiger partial charge in [0.15, 0.2) is 0 Å². The van der Waals surface area contributed by atoms with E-state index in [4.69, 9.17) is 0 Å². The van der Waals surface area contributed by atoms with Crippen molar-refractivity contribution in [1.82, 2.24) is 4.98 Å². The van der Waals surface area contributed by atoms with Crippen LogP contribution in [0, 0.1) is 5.82 Å². The molecule has 0 amide bonds. The summed E-state index contributed by atoms with van der Waals surface area (Å²) in [7, 11) is 0. The van der Waals surface area contributed by atoms with Gasteiger partial charge in [0.1, 0.15) is 11.9 Å². The SMILES string of the molecule is OC(c1ccc(Br)c(F)c1)c1cccc2cnccc12. The fraction of sp³-hybridized carbons (Fsp3) is 0.0625. The number of fused-ring (bicyclic) bond motifs is 1. The van der Waals surface area contributed by atoms with Gasteiger partial charge in [0.2, 0.25) is 0 Å². The molecular formula is C16H11BrFNO. The van der Waals surface area contributed by atoms with Crippen LogP contribution in [0.5, 0.6) is 0 Å². The molecule has 1 heterocycles. The van der Waals surface area contributed by atoms with Gasteiger partial charge >= 0.3 is 0 Å². The van der Waals surface area contributed by atoms with Crippen LogP contribution in [0.1, 0.15) is 17.2 Å². The minimum atomic E-state index is -0.872. The standard InChI is InChI=1S/C16H11BrFNO/c17-14-5-4-10(8-15(14)18)16(20)13-3-1-2-11-9-19-7-6-12(11)13/h1-9,16,20H. The topological polar surface area (TPSA) is 33.1 Å². The molecule has 1 aromatic heterocycles. The molecule has 2 nitrogen and oxygen atoms in total. The van der Waals surface area contributed by atoms with Gasteiger partial charge in [-0.25, -0.2) is 4.39 Å². The molecule has 0 bridgehead atoms. The van der Waals surface area contributed by atoms with Crippen LogP contribution in [0.4, 0.5) is 4.39 Å². The summed E-state index contributed by atoms with van der Waals surface area (Å²) in [6.07, 6.45) is 2.55.